The van der Waals surface area contributed by atoms with Gasteiger partial charge in [0, 0.05) is 0 Å². The van der Waals surface area contributed by atoms with E-state index in [9.17, 15) is 17.6 Å². The summed E-state index contributed by atoms with van der Waals surface area (Å²) in [7, 11) is 5.76. The van der Waals surface area contributed by atoms with Gasteiger partial charge in [0.25, 0.3) is 11.9 Å². The summed E-state index contributed by atoms with van der Waals surface area (Å²) in [5, 5.41) is 0. The minimum atomic E-state index is -1.83. The fourth-order valence-electron chi connectivity index (χ4n) is 2.93. The van der Waals surface area contributed by atoms with Gasteiger partial charge in [-0.1, -0.05) is 18.2 Å². The van der Waals surface area contributed by atoms with E-state index in [0.29, 0.717) is 28.4 Å². The van der Waals surface area contributed by atoms with Crippen LogP contribution in [0.4, 0.5) is 17.6 Å². The number of benzene rings is 2. The maximum atomic E-state index is 14.0. The lowest BCUT2D eigenvalue weighted by Gasteiger charge is -2.13. The van der Waals surface area contributed by atoms with Crippen LogP contribution in [0.15, 0.2) is 30.3 Å². The van der Waals surface area contributed by atoms with Gasteiger partial charge < -0.3 is 23.7 Å². The Morgan fingerprint density at radius 1 is 0.606 bits per heavy atom. The number of hydrogen-bond acceptors (Lipinski definition) is 6. The minimum absolute atomic E-state index is 0.0800. The highest BCUT2D eigenvalue weighted by atomic mass is 19.2. The molecule has 1 aromatic heterocycles. The molecule has 0 bridgehead atoms. The lowest BCUT2D eigenvalue weighted by atomic mass is 10.1. The molecule has 0 radical (unpaired) electrons. The quantitative estimate of drug-likeness (QED) is 0.244. The number of methoxy groups -OCH3 is 4. The second-order valence-electron chi connectivity index (χ2n) is 6.45. The van der Waals surface area contributed by atoms with Crippen LogP contribution in [-0.2, 0) is 0 Å². The van der Waals surface area contributed by atoms with Crippen molar-refractivity contribution in [3.8, 4) is 34.5 Å². The van der Waals surface area contributed by atoms with E-state index in [1.165, 1.54) is 40.6 Å². The van der Waals surface area contributed by atoms with Gasteiger partial charge in [-0.05, 0) is 35.4 Å². The monoisotopic (exact) mass is 465 g/mol. The molecule has 0 unspecified atom stereocenters. The first kappa shape index (κ1) is 23.7. The van der Waals surface area contributed by atoms with Crippen LogP contribution in [0.2, 0.25) is 0 Å². The largest absolute Gasteiger partial charge is 0.493 e. The van der Waals surface area contributed by atoms with Gasteiger partial charge in [-0.25, -0.2) is 0 Å². The first-order chi connectivity index (χ1) is 15.8. The Labute approximate surface area is 186 Å². The van der Waals surface area contributed by atoms with Crippen LogP contribution in [-0.4, -0.2) is 33.4 Å². The van der Waals surface area contributed by atoms with E-state index in [-0.39, 0.29) is 11.5 Å². The number of aromatic nitrogens is 1. The maximum Gasteiger partial charge on any atom is 0.255 e. The van der Waals surface area contributed by atoms with Gasteiger partial charge in [-0.2, -0.15) is 22.5 Å². The normalized spacial score (nSPS) is 10.9. The molecule has 0 amide bonds. The average Bonchev–Trinajstić information content (AvgIpc) is 2.83. The summed E-state index contributed by atoms with van der Waals surface area (Å²) < 4.78 is 81.0. The van der Waals surface area contributed by atoms with Crippen molar-refractivity contribution >= 4 is 12.2 Å². The van der Waals surface area contributed by atoms with Gasteiger partial charge in [0.1, 0.15) is 0 Å². The molecule has 0 aliphatic heterocycles. The molecule has 0 aliphatic rings. The summed E-state index contributed by atoms with van der Waals surface area (Å²) >= 11 is 0. The third-order valence-corrected chi connectivity index (χ3v) is 4.51. The molecule has 0 saturated carbocycles. The Balaban J connectivity index is 1.98. The Hall–Kier alpha value is -3.95. The molecular weight excluding hydrogens is 446 g/mol. The smallest absolute Gasteiger partial charge is 0.255 e. The lowest BCUT2D eigenvalue weighted by Crippen LogP contribution is -2.04. The predicted molar refractivity (Wildman–Crippen MR) is 112 cm³/mol. The molecule has 0 atom stereocenters. The molecule has 0 N–H and O–H groups in total. The number of hydrogen-bond donors (Lipinski definition) is 0. The van der Waals surface area contributed by atoms with Crippen molar-refractivity contribution in [1.82, 2.24) is 4.98 Å². The van der Waals surface area contributed by atoms with Crippen LogP contribution >= 0.6 is 0 Å². The van der Waals surface area contributed by atoms with Gasteiger partial charge in [0.05, 0.1) is 28.4 Å². The maximum absolute atomic E-state index is 14.0. The van der Waals surface area contributed by atoms with E-state index < -0.39 is 29.3 Å². The van der Waals surface area contributed by atoms with Gasteiger partial charge in [0.15, 0.2) is 23.0 Å². The molecule has 0 fully saturated rings. The summed E-state index contributed by atoms with van der Waals surface area (Å²) in [6.07, 6.45) is 3.37. The molecule has 33 heavy (non-hydrogen) atoms. The molecule has 3 rings (SSSR count). The van der Waals surface area contributed by atoms with Crippen molar-refractivity contribution in [3.05, 3.63) is 65.0 Å². The van der Waals surface area contributed by atoms with Crippen LogP contribution in [0.3, 0.4) is 0 Å². The summed E-state index contributed by atoms with van der Waals surface area (Å²) in [6, 6.07) is 7.91. The Morgan fingerprint density at radius 2 is 1.12 bits per heavy atom. The second kappa shape index (κ2) is 10.1. The molecule has 2 aromatic carbocycles. The molecule has 0 saturated heterocycles. The van der Waals surface area contributed by atoms with E-state index in [4.69, 9.17) is 23.7 Å². The molecule has 3 aromatic rings. The van der Waals surface area contributed by atoms with E-state index in [1.807, 2.05) is 0 Å². The molecule has 6 nitrogen and oxygen atoms in total. The molecule has 174 valence electrons. The van der Waals surface area contributed by atoms with Crippen LogP contribution in [0.5, 0.6) is 34.5 Å². The summed E-state index contributed by atoms with van der Waals surface area (Å²) in [5.74, 6) is -7.25. The fraction of sp³-hybridized carbons (Fsp3) is 0.174. The van der Waals surface area contributed by atoms with E-state index >= 15 is 0 Å². The highest BCUT2D eigenvalue weighted by Gasteiger charge is 2.24. The third kappa shape index (κ3) is 4.94. The van der Waals surface area contributed by atoms with Gasteiger partial charge >= 0.3 is 0 Å². The van der Waals surface area contributed by atoms with Gasteiger partial charge in [-0.15, -0.1) is 0 Å². The highest BCUT2D eigenvalue weighted by Crippen LogP contribution is 2.39. The zero-order chi connectivity index (χ0) is 24.1. The van der Waals surface area contributed by atoms with Gasteiger partial charge in [0.2, 0.25) is 23.1 Å². The Kier molecular flexibility index (Phi) is 7.27. The number of halogens is 4. The third-order valence-electron chi connectivity index (χ3n) is 4.51. The topological polar surface area (TPSA) is 59.0 Å². The number of nitrogens with zero attached hydrogens (tertiary/aromatic N) is 1. The van der Waals surface area contributed by atoms with Crippen LogP contribution in [0.25, 0.3) is 12.2 Å². The molecular formula is C23H19F4NO5. The van der Waals surface area contributed by atoms with Crippen molar-refractivity contribution in [3.63, 3.8) is 0 Å². The predicted octanol–water partition coefficient (Wildman–Crippen LogP) is 5.64. The van der Waals surface area contributed by atoms with Crippen molar-refractivity contribution in [2.75, 3.05) is 28.4 Å². The summed E-state index contributed by atoms with van der Waals surface area (Å²) in [4.78, 5) is 2.50. The zero-order valence-electron chi connectivity index (χ0n) is 18.0. The zero-order valence-corrected chi connectivity index (χ0v) is 18.0. The van der Waals surface area contributed by atoms with Crippen molar-refractivity contribution in [2.24, 2.45) is 0 Å². The molecule has 1 heterocycles. The van der Waals surface area contributed by atoms with Crippen molar-refractivity contribution in [2.45, 2.75) is 0 Å². The molecule has 0 spiro atoms. The first-order valence-electron chi connectivity index (χ1n) is 9.36. The number of ether oxygens (including phenoxy) is 5. The lowest BCUT2D eigenvalue weighted by molar-refractivity contribution is 0.324. The van der Waals surface area contributed by atoms with Gasteiger partial charge in [-0.3, -0.25) is 0 Å². The Bertz CT molecular complexity index is 1150. The number of pyridine rings is 1. The van der Waals surface area contributed by atoms with E-state index in [0.717, 1.165) is 0 Å². The SMILES string of the molecule is COc1ccc(C=Cc2cc(OC)c(OC)c(OC)c2)cc1Oc1c(F)c(F)nc(F)c1F. The Morgan fingerprint density at radius 3 is 1.64 bits per heavy atom. The second-order valence-corrected chi connectivity index (χ2v) is 6.45. The van der Waals surface area contributed by atoms with Crippen LogP contribution < -0.4 is 23.7 Å². The molecule has 10 heteroatoms. The average molecular weight is 465 g/mol. The van der Waals surface area contributed by atoms with Crippen LogP contribution in [0, 0.1) is 23.5 Å². The van der Waals surface area contributed by atoms with Crippen molar-refractivity contribution < 1.29 is 41.2 Å². The van der Waals surface area contributed by atoms with E-state index in [2.05, 4.69) is 4.98 Å². The summed E-state index contributed by atoms with van der Waals surface area (Å²) in [6.45, 7) is 0. The standard InChI is InChI=1S/C23H19F4NO5/c1-29-14-8-7-12(5-6-13-10-16(30-2)20(32-4)17(11-13)31-3)9-15(14)33-21-18(24)22(26)28-23(27)19(21)25/h5-11H,1-4H3. The van der Waals surface area contributed by atoms with Crippen LogP contribution in [0.1, 0.15) is 11.1 Å². The number of rotatable bonds is 8. The van der Waals surface area contributed by atoms with Crippen molar-refractivity contribution in [1.29, 1.82) is 0 Å². The highest BCUT2D eigenvalue weighted by molar-refractivity contribution is 5.73. The van der Waals surface area contributed by atoms with E-state index in [1.54, 1.807) is 30.4 Å². The summed E-state index contributed by atoms with van der Waals surface area (Å²) in [5.41, 5.74) is 1.22. The fourth-order valence-corrected chi connectivity index (χ4v) is 2.93. The molecule has 0 aliphatic carbocycles. The minimum Gasteiger partial charge on any atom is -0.493 e. The first-order valence-corrected chi connectivity index (χ1v) is 9.36.